The lowest BCUT2D eigenvalue weighted by atomic mass is 10.0. The molecule has 0 spiro atoms. The van der Waals surface area contributed by atoms with E-state index in [2.05, 4.69) is 10.2 Å². The summed E-state index contributed by atoms with van der Waals surface area (Å²) in [5.74, 6) is -1.59. The molecule has 2 aromatic rings. The van der Waals surface area contributed by atoms with Gasteiger partial charge in [-0.1, -0.05) is 24.3 Å². The van der Waals surface area contributed by atoms with E-state index < -0.39 is 11.6 Å². The summed E-state index contributed by atoms with van der Waals surface area (Å²) in [5, 5.41) is 3.09. The molecule has 0 atom stereocenters. The van der Waals surface area contributed by atoms with Crippen LogP contribution in [-0.4, -0.2) is 29.9 Å². The van der Waals surface area contributed by atoms with Crippen molar-refractivity contribution in [3.8, 4) is 0 Å². The molecular formula is C21H25F2N3O. The van der Waals surface area contributed by atoms with Gasteiger partial charge in [-0.05, 0) is 48.6 Å². The van der Waals surface area contributed by atoms with Gasteiger partial charge in [-0.3, -0.25) is 9.69 Å². The first-order valence-corrected chi connectivity index (χ1v) is 9.30. The van der Waals surface area contributed by atoms with Gasteiger partial charge in [0.1, 0.15) is 0 Å². The Labute approximate surface area is 158 Å². The summed E-state index contributed by atoms with van der Waals surface area (Å²) in [4.78, 5) is 14.4. The van der Waals surface area contributed by atoms with E-state index in [9.17, 15) is 13.6 Å². The number of amides is 1. The summed E-state index contributed by atoms with van der Waals surface area (Å²) in [6.45, 7) is 2.22. The fraction of sp³-hybridized carbons (Fsp3) is 0.381. The largest absolute Gasteiger partial charge is 0.399 e. The number of anilines is 1. The Hall–Kier alpha value is -2.47. The van der Waals surface area contributed by atoms with Gasteiger partial charge in [0.25, 0.3) is 0 Å². The van der Waals surface area contributed by atoms with E-state index in [0.29, 0.717) is 19.4 Å². The van der Waals surface area contributed by atoms with Crippen molar-refractivity contribution in [2.24, 2.45) is 0 Å². The van der Waals surface area contributed by atoms with Crippen LogP contribution < -0.4 is 11.1 Å². The van der Waals surface area contributed by atoms with Crippen molar-refractivity contribution < 1.29 is 13.6 Å². The number of rotatable bonds is 6. The molecule has 0 unspecified atom stereocenters. The molecule has 2 aromatic carbocycles. The highest BCUT2D eigenvalue weighted by Gasteiger charge is 2.21. The summed E-state index contributed by atoms with van der Waals surface area (Å²) in [6, 6.07) is 11.8. The van der Waals surface area contributed by atoms with E-state index >= 15 is 0 Å². The number of nitrogens with one attached hydrogen (secondary N) is 1. The van der Waals surface area contributed by atoms with Crippen LogP contribution in [0, 0.1) is 11.6 Å². The Kier molecular flexibility index (Phi) is 6.40. The molecule has 4 nitrogen and oxygen atoms in total. The van der Waals surface area contributed by atoms with Gasteiger partial charge in [0.15, 0.2) is 11.6 Å². The SMILES string of the molecule is Nc1ccccc1CCC(=O)NC1CCN(Cc2ccc(F)c(F)c2)CC1. The monoisotopic (exact) mass is 373 g/mol. The summed E-state index contributed by atoms with van der Waals surface area (Å²) in [7, 11) is 0. The van der Waals surface area contributed by atoms with E-state index in [1.807, 2.05) is 24.3 Å². The minimum atomic E-state index is -0.822. The molecule has 1 aliphatic rings. The van der Waals surface area contributed by atoms with Gasteiger partial charge in [-0.15, -0.1) is 0 Å². The van der Waals surface area contributed by atoms with Crippen LogP contribution in [0.2, 0.25) is 0 Å². The number of hydrogen-bond donors (Lipinski definition) is 2. The maximum absolute atomic E-state index is 13.3. The Morgan fingerprint density at radius 3 is 2.56 bits per heavy atom. The van der Waals surface area contributed by atoms with Crippen LogP contribution in [0.3, 0.4) is 0 Å². The second-order valence-corrected chi connectivity index (χ2v) is 7.07. The van der Waals surface area contributed by atoms with Crippen molar-refractivity contribution in [2.45, 2.75) is 38.3 Å². The highest BCUT2D eigenvalue weighted by Crippen LogP contribution is 2.17. The second kappa shape index (κ2) is 8.95. The molecule has 144 valence electrons. The van der Waals surface area contributed by atoms with Gasteiger partial charge in [0.05, 0.1) is 0 Å². The topological polar surface area (TPSA) is 58.4 Å². The standard InChI is InChI=1S/C21H25F2N3O/c22-18-7-5-15(13-19(18)23)14-26-11-9-17(10-12-26)25-21(27)8-6-16-3-1-2-4-20(16)24/h1-5,7,13,17H,6,8-12,14,24H2,(H,25,27). The lowest BCUT2D eigenvalue weighted by Gasteiger charge is -2.32. The molecule has 0 radical (unpaired) electrons. The highest BCUT2D eigenvalue weighted by molar-refractivity contribution is 5.76. The molecule has 27 heavy (non-hydrogen) atoms. The molecule has 0 aromatic heterocycles. The lowest BCUT2D eigenvalue weighted by molar-refractivity contribution is -0.122. The predicted molar refractivity (Wildman–Crippen MR) is 102 cm³/mol. The summed E-state index contributed by atoms with van der Waals surface area (Å²) in [5.41, 5.74) is 8.38. The normalized spacial score (nSPS) is 15.6. The van der Waals surface area contributed by atoms with Gasteiger partial charge in [-0.25, -0.2) is 8.78 Å². The minimum Gasteiger partial charge on any atom is -0.399 e. The van der Waals surface area contributed by atoms with E-state index in [-0.39, 0.29) is 11.9 Å². The first-order valence-electron chi connectivity index (χ1n) is 9.30. The molecule has 3 N–H and O–H groups in total. The Bertz CT molecular complexity index is 789. The average Bonchev–Trinajstić information content (AvgIpc) is 2.66. The molecular weight excluding hydrogens is 348 g/mol. The molecule has 0 saturated carbocycles. The molecule has 1 saturated heterocycles. The van der Waals surface area contributed by atoms with Crippen LogP contribution in [-0.2, 0) is 17.8 Å². The fourth-order valence-electron chi connectivity index (χ4n) is 3.44. The van der Waals surface area contributed by atoms with Crippen LogP contribution in [0.15, 0.2) is 42.5 Å². The van der Waals surface area contributed by atoms with Gasteiger partial charge < -0.3 is 11.1 Å². The maximum atomic E-state index is 13.3. The Balaban J connectivity index is 1.40. The van der Waals surface area contributed by atoms with Crippen LogP contribution in [0.1, 0.15) is 30.4 Å². The first kappa shape index (κ1) is 19.3. The number of aryl methyl sites for hydroxylation is 1. The number of piperidine rings is 1. The van der Waals surface area contributed by atoms with Gasteiger partial charge in [0, 0.05) is 37.8 Å². The third-order valence-electron chi connectivity index (χ3n) is 5.02. The van der Waals surface area contributed by atoms with Crippen LogP contribution in [0.25, 0.3) is 0 Å². The van der Waals surface area contributed by atoms with Crippen LogP contribution in [0.5, 0.6) is 0 Å². The average molecular weight is 373 g/mol. The van der Waals surface area contributed by atoms with Crippen molar-refractivity contribution in [1.82, 2.24) is 10.2 Å². The first-order chi connectivity index (χ1) is 13.0. The van der Waals surface area contributed by atoms with Crippen LogP contribution >= 0.6 is 0 Å². The highest BCUT2D eigenvalue weighted by atomic mass is 19.2. The van der Waals surface area contributed by atoms with Crippen molar-refractivity contribution >= 4 is 11.6 Å². The number of nitrogens with two attached hydrogens (primary N) is 1. The molecule has 0 aliphatic carbocycles. The zero-order valence-electron chi connectivity index (χ0n) is 15.3. The van der Waals surface area contributed by atoms with Gasteiger partial charge in [0.2, 0.25) is 5.91 Å². The number of hydrogen-bond acceptors (Lipinski definition) is 3. The minimum absolute atomic E-state index is 0.0392. The molecule has 0 bridgehead atoms. The van der Waals surface area contributed by atoms with E-state index in [4.69, 9.17) is 5.73 Å². The molecule has 1 amide bonds. The van der Waals surface area contributed by atoms with E-state index in [1.54, 1.807) is 6.07 Å². The van der Waals surface area contributed by atoms with Crippen molar-refractivity contribution in [2.75, 3.05) is 18.8 Å². The number of benzene rings is 2. The predicted octanol–water partition coefficient (Wildman–Crippen LogP) is 3.26. The Morgan fingerprint density at radius 2 is 1.85 bits per heavy atom. The number of carbonyl (C=O) groups is 1. The maximum Gasteiger partial charge on any atom is 0.220 e. The number of likely N-dealkylation sites (tertiary alicyclic amines) is 1. The van der Waals surface area contributed by atoms with Crippen LogP contribution in [0.4, 0.5) is 14.5 Å². The zero-order chi connectivity index (χ0) is 19.2. The number of carbonyl (C=O) groups excluding carboxylic acids is 1. The Morgan fingerprint density at radius 1 is 1.11 bits per heavy atom. The smallest absolute Gasteiger partial charge is 0.220 e. The molecule has 1 aliphatic heterocycles. The summed E-state index contributed by atoms with van der Waals surface area (Å²) < 4.78 is 26.3. The quantitative estimate of drug-likeness (QED) is 0.764. The molecule has 6 heteroatoms. The van der Waals surface area contributed by atoms with E-state index in [1.165, 1.54) is 6.07 Å². The number of nitrogens with zero attached hydrogens (tertiary/aromatic N) is 1. The number of para-hydroxylation sites is 1. The van der Waals surface area contributed by atoms with Crippen molar-refractivity contribution in [3.05, 3.63) is 65.2 Å². The summed E-state index contributed by atoms with van der Waals surface area (Å²) in [6.07, 6.45) is 2.75. The lowest BCUT2D eigenvalue weighted by Crippen LogP contribution is -2.44. The number of nitrogen functional groups attached to an aromatic ring is 1. The molecule has 1 fully saturated rings. The van der Waals surface area contributed by atoms with E-state index in [0.717, 1.165) is 48.8 Å². The van der Waals surface area contributed by atoms with Gasteiger partial charge >= 0.3 is 0 Å². The second-order valence-electron chi connectivity index (χ2n) is 7.07. The number of halogens is 2. The zero-order valence-corrected chi connectivity index (χ0v) is 15.3. The van der Waals surface area contributed by atoms with Crippen molar-refractivity contribution in [1.29, 1.82) is 0 Å². The summed E-state index contributed by atoms with van der Waals surface area (Å²) >= 11 is 0. The molecule has 3 rings (SSSR count). The third-order valence-corrected chi connectivity index (χ3v) is 5.02. The fourth-order valence-corrected chi connectivity index (χ4v) is 3.44. The third kappa shape index (κ3) is 5.50. The molecule has 1 heterocycles. The van der Waals surface area contributed by atoms with Crippen molar-refractivity contribution in [3.63, 3.8) is 0 Å². The van der Waals surface area contributed by atoms with Gasteiger partial charge in [-0.2, -0.15) is 0 Å².